The molecule has 2 aromatic carbocycles. The molecular weight excluding hydrogens is 353 g/mol. The Morgan fingerprint density at radius 2 is 1.85 bits per heavy atom. The van der Waals surface area contributed by atoms with E-state index in [4.69, 9.17) is 11.6 Å². The SMILES string of the molecule is C[C@@H](C(=O)Nc1ccc(F)cc1)N1CCN(Cc2cccc(Cl)c2)CC1. The lowest BCUT2D eigenvalue weighted by Crippen LogP contribution is -2.52. The number of amides is 1. The summed E-state index contributed by atoms with van der Waals surface area (Å²) in [5.41, 5.74) is 1.82. The van der Waals surface area contributed by atoms with E-state index in [1.165, 1.54) is 17.7 Å². The standard InChI is InChI=1S/C20H23ClFN3O/c1-15(20(26)23-19-7-5-18(22)6-8-19)25-11-9-24(10-12-25)14-16-3-2-4-17(21)13-16/h2-8,13,15H,9-12,14H2,1H3,(H,23,26)/t15-/m0/s1. The van der Waals surface area contributed by atoms with Gasteiger partial charge in [-0.2, -0.15) is 0 Å². The van der Waals surface area contributed by atoms with Crippen molar-refractivity contribution >= 4 is 23.2 Å². The smallest absolute Gasteiger partial charge is 0.241 e. The van der Waals surface area contributed by atoms with Crippen molar-refractivity contribution in [1.29, 1.82) is 0 Å². The highest BCUT2D eigenvalue weighted by Gasteiger charge is 2.25. The number of carbonyl (C=O) groups is 1. The van der Waals surface area contributed by atoms with Crippen molar-refractivity contribution in [1.82, 2.24) is 9.80 Å². The zero-order valence-corrected chi connectivity index (χ0v) is 15.5. The van der Waals surface area contributed by atoms with E-state index in [1.54, 1.807) is 12.1 Å². The van der Waals surface area contributed by atoms with Crippen LogP contribution in [0.2, 0.25) is 5.02 Å². The highest BCUT2D eigenvalue weighted by atomic mass is 35.5. The van der Waals surface area contributed by atoms with Crippen molar-refractivity contribution in [3.63, 3.8) is 0 Å². The largest absolute Gasteiger partial charge is 0.325 e. The number of nitrogens with one attached hydrogen (secondary N) is 1. The summed E-state index contributed by atoms with van der Waals surface area (Å²) >= 11 is 6.05. The van der Waals surface area contributed by atoms with Gasteiger partial charge in [-0.3, -0.25) is 14.6 Å². The van der Waals surface area contributed by atoms with Gasteiger partial charge in [0.05, 0.1) is 6.04 Å². The van der Waals surface area contributed by atoms with Gasteiger partial charge in [0, 0.05) is 43.4 Å². The van der Waals surface area contributed by atoms with E-state index in [0.29, 0.717) is 5.69 Å². The average Bonchev–Trinajstić information content (AvgIpc) is 2.64. The zero-order chi connectivity index (χ0) is 18.5. The van der Waals surface area contributed by atoms with Gasteiger partial charge in [-0.25, -0.2) is 4.39 Å². The molecule has 0 bridgehead atoms. The average molecular weight is 376 g/mol. The second-order valence-electron chi connectivity index (χ2n) is 6.61. The fourth-order valence-electron chi connectivity index (χ4n) is 3.15. The van der Waals surface area contributed by atoms with E-state index in [2.05, 4.69) is 21.2 Å². The molecular formula is C20H23ClFN3O. The Labute approximate surface area is 158 Å². The highest BCUT2D eigenvalue weighted by Crippen LogP contribution is 2.15. The fourth-order valence-corrected chi connectivity index (χ4v) is 3.36. The van der Waals surface area contributed by atoms with Crippen LogP contribution in [0.15, 0.2) is 48.5 Å². The molecule has 3 rings (SSSR count). The minimum absolute atomic E-state index is 0.0695. The summed E-state index contributed by atoms with van der Waals surface area (Å²) in [6, 6.07) is 13.5. The van der Waals surface area contributed by atoms with E-state index < -0.39 is 0 Å². The minimum atomic E-state index is -0.313. The summed E-state index contributed by atoms with van der Waals surface area (Å²) in [5.74, 6) is -0.383. The normalized spacial score (nSPS) is 17.0. The Morgan fingerprint density at radius 1 is 1.15 bits per heavy atom. The number of carbonyl (C=O) groups excluding carboxylic acids is 1. The first-order valence-corrected chi connectivity index (χ1v) is 9.16. The second kappa shape index (κ2) is 8.62. The van der Waals surface area contributed by atoms with Gasteiger partial charge in [0.1, 0.15) is 5.82 Å². The monoisotopic (exact) mass is 375 g/mol. The van der Waals surface area contributed by atoms with E-state index in [-0.39, 0.29) is 17.8 Å². The molecule has 0 unspecified atom stereocenters. The van der Waals surface area contributed by atoms with Crippen LogP contribution in [0.25, 0.3) is 0 Å². The molecule has 0 spiro atoms. The topological polar surface area (TPSA) is 35.6 Å². The highest BCUT2D eigenvalue weighted by molar-refractivity contribution is 6.30. The predicted octanol–water partition coefficient (Wildman–Crippen LogP) is 3.62. The van der Waals surface area contributed by atoms with Gasteiger partial charge in [0.15, 0.2) is 0 Å². The van der Waals surface area contributed by atoms with Crippen LogP contribution in [-0.2, 0) is 11.3 Å². The van der Waals surface area contributed by atoms with E-state index >= 15 is 0 Å². The maximum Gasteiger partial charge on any atom is 0.241 e. The number of anilines is 1. The second-order valence-corrected chi connectivity index (χ2v) is 7.05. The maximum atomic E-state index is 13.0. The Morgan fingerprint density at radius 3 is 2.50 bits per heavy atom. The third-order valence-electron chi connectivity index (χ3n) is 4.74. The number of benzene rings is 2. The molecule has 0 saturated carbocycles. The zero-order valence-electron chi connectivity index (χ0n) is 14.8. The van der Waals surface area contributed by atoms with Crippen LogP contribution in [0.3, 0.4) is 0 Å². The van der Waals surface area contributed by atoms with Gasteiger partial charge in [-0.05, 0) is 48.9 Å². The van der Waals surface area contributed by atoms with E-state index in [1.807, 2.05) is 25.1 Å². The fraction of sp³-hybridized carbons (Fsp3) is 0.350. The van der Waals surface area contributed by atoms with Crippen LogP contribution in [0.4, 0.5) is 10.1 Å². The van der Waals surface area contributed by atoms with Crippen molar-refractivity contribution in [2.24, 2.45) is 0 Å². The summed E-state index contributed by atoms with van der Waals surface area (Å²) in [4.78, 5) is 17.0. The van der Waals surface area contributed by atoms with Crippen LogP contribution >= 0.6 is 11.6 Å². The summed E-state index contributed by atoms with van der Waals surface area (Å²) < 4.78 is 13.0. The molecule has 1 aliphatic rings. The first kappa shape index (κ1) is 18.8. The Kier molecular flexibility index (Phi) is 6.25. The molecule has 138 valence electrons. The molecule has 26 heavy (non-hydrogen) atoms. The molecule has 1 heterocycles. The number of hydrogen-bond donors (Lipinski definition) is 1. The molecule has 4 nitrogen and oxygen atoms in total. The molecule has 1 saturated heterocycles. The van der Waals surface area contributed by atoms with E-state index in [0.717, 1.165) is 37.7 Å². The summed E-state index contributed by atoms with van der Waals surface area (Å²) in [6.45, 7) is 6.24. The number of rotatable bonds is 5. The summed E-state index contributed by atoms with van der Waals surface area (Å²) in [7, 11) is 0. The van der Waals surface area contributed by atoms with Crippen LogP contribution in [0, 0.1) is 5.82 Å². The van der Waals surface area contributed by atoms with Gasteiger partial charge < -0.3 is 5.32 Å². The Hall–Kier alpha value is -1.95. The lowest BCUT2D eigenvalue weighted by atomic mass is 10.1. The van der Waals surface area contributed by atoms with Crippen molar-refractivity contribution in [2.75, 3.05) is 31.5 Å². The Balaban J connectivity index is 1.49. The third kappa shape index (κ3) is 5.04. The molecule has 1 amide bonds. The Bertz CT molecular complexity index is 745. The van der Waals surface area contributed by atoms with Crippen LogP contribution in [-0.4, -0.2) is 47.9 Å². The van der Waals surface area contributed by atoms with Gasteiger partial charge >= 0.3 is 0 Å². The lowest BCUT2D eigenvalue weighted by Gasteiger charge is -2.37. The first-order chi connectivity index (χ1) is 12.5. The van der Waals surface area contributed by atoms with Gasteiger partial charge in [-0.1, -0.05) is 23.7 Å². The number of piperazine rings is 1. The number of halogens is 2. The van der Waals surface area contributed by atoms with Gasteiger partial charge in [-0.15, -0.1) is 0 Å². The molecule has 0 aliphatic carbocycles. The molecule has 0 aromatic heterocycles. The number of nitrogens with zero attached hydrogens (tertiary/aromatic N) is 2. The molecule has 1 fully saturated rings. The maximum absolute atomic E-state index is 13.0. The van der Waals surface area contributed by atoms with Crippen LogP contribution in [0.1, 0.15) is 12.5 Å². The lowest BCUT2D eigenvalue weighted by molar-refractivity contribution is -0.121. The molecule has 2 aromatic rings. The van der Waals surface area contributed by atoms with E-state index in [9.17, 15) is 9.18 Å². The third-order valence-corrected chi connectivity index (χ3v) is 4.98. The first-order valence-electron chi connectivity index (χ1n) is 8.78. The molecule has 1 aliphatic heterocycles. The van der Waals surface area contributed by atoms with Gasteiger partial charge in [0.2, 0.25) is 5.91 Å². The number of hydrogen-bond acceptors (Lipinski definition) is 3. The van der Waals surface area contributed by atoms with Crippen molar-refractivity contribution in [3.8, 4) is 0 Å². The summed E-state index contributed by atoms with van der Waals surface area (Å²) in [5, 5.41) is 3.60. The van der Waals surface area contributed by atoms with Crippen LogP contribution < -0.4 is 5.32 Å². The molecule has 0 radical (unpaired) electrons. The van der Waals surface area contributed by atoms with Crippen LogP contribution in [0.5, 0.6) is 0 Å². The predicted molar refractivity (Wildman–Crippen MR) is 103 cm³/mol. The quantitative estimate of drug-likeness (QED) is 0.866. The molecule has 1 atom stereocenters. The van der Waals surface area contributed by atoms with Crippen molar-refractivity contribution in [2.45, 2.75) is 19.5 Å². The van der Waals surface area contributed by atoms with Crippen molar-refractivity contribution in [3.05, 3.63) is 64.9 Å². The molecule has 6 heteroatoms. The summed E-state index contributed by atoms with van der Waals surface area (Å²) in [6.07, 6.45) is 0. The van der Waals surface area contributed by atoms with Crippen molar-refractivity contribution < 1.29 is 9.18 Å². The molecule has 1 N–H and O–H groups in total. The van der Waals surface area contributed by atoms with Gasteiger partial charge in [0.25, 0.3) is 0 Å². The minimum Gasteiger partial charge on any atom is -0.325 e.